The van der Waals surface area contributed by atoms with E-state index in [4.69, 9.17) is 10.3 Å². The van der Waals surface area contributed by atoms with Gasteiger partial charge in [0.25, 0.3) is 0 Å². The number of anilines is 1. The summed E-state index contributed by atoms with van der Waals surface area (Å²) >= 11 is 0. The Morgan fingerprint density at radius 2 is 1.80 bits per heavy atom. The zero-order valence-corrected chi connectivity index (χ0v) is 11.5. The number of aromatic nitrogens is 1. The Hall–Kier alpha value is -1.96. The molecule has 2 aromatic rings. The van der Waals surface area contributed by atoms with Gasteiger partial charge in [0.15, 0.2) is 21.4 Å². The first-order chi connectivity index (χ1) is 9.20. The molecule has 0 aliphatic rings. The molecule has 1 heterocycles. The maximum atomic E-state index is 13.3. The molecule has 20 heavy (non-hydrogen) atoms. The molecular formula is C12H12F2N2O3S. The summed E-state index contributed by atoms with van der Waals surface area (Å²) in [5.74, 6) is -1.78. The van der Waals surface area contributed by atoms with Crippen LogP contribution in [0, 0.1) is 11.6 Å². The second kappa shape index (κ2) is 4.86. The largest absolute Gasteiger partial charge is 0.380 e. The lowest BCUT2D eigenvalue weighted by atomic mass is 10.0. The summed E-state index contributed by atoms with van der Waals surface area (Å²) in [4.78, 5) is 0. The van der Waals surface area contributed by atoms with Crippen LogP contribution in [0.2, 0.25) is 0 Å². The first-order valence-corrected chi connectivity index (χ1v) is 7.56. The first kappa shape index (κ1) is 14.4. The molecule has 0 aliphatic carbocycles. The van der Waals surface area contributed by atoms with Crippen LogP contribution in [-0.2, 0) is 9.84 Å². The number of sulfone groups is 1. The van der Waals surface area contributed by atoms with Crippen molar-refractivity contribution in [3.05, 3.63) is 35.6 Å². The summed E-state index contributed by atoms with van der Waals surface area (Å²) < 4.78 is 54.6. The molecule has 5 nitrogen and oxygen atoms in total. The van der Waals surface area contributed by atoms with E-state index in [1.54, 1.807) is 0 Å². The van der Waals surface area contributed by atoms with Crippen LogP contribution in [0.15, 0.2) is 22.7 Å². The van der Waals surface area contributed by atoms with Gasteiger partial charge in [-0.2, -0.15) is 0 Å². The van der Waals surface area contributed by atoms with Crippen LogP contribution in [0.4, 0.5) is 14.6 Å². The Kier molecular flexibility index (Phi) is 3.51. The minimum absolute atomic E-state index is 0.0463. The van der Waals surface area contributed by atoms with Crippen LogP contribution in [0.5, 0.6) is 0 Å². The summed E-state index contributed by atoms with van der Waals surface area (Å²) in [5.41, 5.74) is 5.77. The molecule has 1 aromatic heterocycles. The molecule has 0 aliphatic heterocycles. The molecule has 0 spiro atoms. The highest BCUT2D eigenvalue weighted by Gasteiger charge is 2.28. The van der Waals surface area contributed by atoms with Crippen LogP contribution in [0.25, 0.3) is 11.1 Å². The summed E-state index contributed by atoms with van der Waals surface area (Å²) in [5, 5.41) is 2.45. The van der Waals surface area contributed by atoms with Gasteiger partial charge < -0.3 is 10.3 Å². The Morgan fingerprint density at radius 3 is 2.30 bits per heavy atom. The van der Waals surface area contributed by atoms with Gasteiger partial charge in [-0.25, -0.2) is 17.2 Å². The van der Waals surface area contributed by atoms with Gasteiger partial charge in [0.05, 0.1) is 5.56 Å². The Bertz CT molecular complexity index is 736. The molecule has 1 unspecified atom stereocenters. The average Bonchev–Trinajstić information content (AvgIpc) is 2.67. The zero-order chi connectivity index (χ0) is 15.1. The lowest BCUT2D eigenvalue weighted by Gasteiger charge is -2.08. The van der Waals surface area contributed by atoms with Crippen molar-refractivity contribution < 1.29 is 21.7 Å². The fourth-order valence-electron chi connectivity index (χ4n) is 1.78. The number of benzene rings is 1. The maximum absolute atomic E-state index is 13.3. The van der Waals surface area contributed by atoms with Crippen molar-refractivity contribution in [1.82, 2.24) is 5.16 Å². The number of hydrogen-bond donors (Lipinski definition) is 1. The molecule has 8 heteroatoms. The van der Waals surface area contributed by atoms with E-state index in [1.165, 1.54) is 6.92 Å². The third-order valence-electron chi connectivity index (χ3n) is 2.91. The lowest BCUT2D eigenvalue weighted by Crippen LogP contribution is -2.08. The molecule has 0 saturated carbocycles. The normalized spacial score (nSPS) is 13.4. The highest BCUT2D eigenvalue weighted by Crippen LogP contribution is 2.36. The zero-order valence-electron chi connectivity index (χ0n) is 10.7. The molecule has 0 amide bonds. The highest BCUT2D eigenvalue weighted by atomic mass is 32.2. The van der Waals surface area contributed by atoms with Gasteiger partial charge in [-0.1, -0.05) is 5.16 Å². The third kappa shape index (κ3) is 2.64. The molecular weight excluding hydrogens is 290 g/mol. The van der Waals surface area contributed by atoms with Crippen molar-refractivity contribution in [2.75, 3.05) is 12.0 Å². The molecule has 1 aromatic carbocycles. The minimum atomic E-state index is -3.47. The summed E-state index contributed by atoms with van der Waals surface area (Å²) in [7, 11) is -3.47. The lowest BCUT2D eigenvalue weighted by molar-refractivity contribution is 0.385. The van der Waals surface area contributed by atoms with E-state index < -0.39 is 26.7 Å². The Morgan fingerprint density at radius 1 is 1.25 bits per heavy atom. The van der Waals surface area contributed by atoms with Crippen molar-refractivity contribution >= 4 is 15.7 Å². The van der Waals surface area contributed by atoms with Crippen molar-refractivity contribution in [2.24, 2.45) is 0 Å². The Balaban J connectivity index is 2.66. The van der Waals surface area contributed by atoms with Gasteiger partial charge >= 0.3 is 0 Å². The molecule has 0 saturated heterocycles. The number of rotatable bonds is 3. The van der Waals surface area contributed by atoms with Gasteiger partial charge in [0.2, 0.25) is 0 Å². The van der Waals surface area contributed by atoms with Crippen LogP contribution < -0.4 is 5.73 Å². The van der Waals surface area contributed by atoms with E-state index in [-0.39, 0.29) is 22.7 Å². The second-order valence-electron chi connectivity index (χ2n) is 4.44. The monoisotopic (exact) mass is 302 g/mol. The van der Waals surface area contributed by atoms with E-state index in [0.717, 1.165) is 18.4 Å². The third-order valence-corrected chi connectivity index (χ3v) is 4.41. The maximum Gasteiger partial charge on any atom is 0.175 e. The Labute approximate surface area is 114 Å². The van der Waals surface area contributed by atoms with Gasteiger partial charge in [-0.3, -0.25) is 0 Å². The molecule has 108 valence electrons. The topological polar surface area (TPSA) is 86.2 Å². The fraction of sp³-hybridized carbons (Fsp3) is 0.250. The smallest absolute Gasteiger partial charge is 0.175 e. The molecule has 2 N–H and O–H groups in total. The average molecular weight is 302 g/mol. The van der Waals surface area contributed by atoms with E-state index in [2.05, 4.69) is 5.16 Å². The summed E-state index contributed by atoms with van der Waals surface area (Å²) in [6.45, 7) is 1.38. The fourth-order valence-corrected chi connectivity index (χ4v) is 2.33. The molecule has 0 radical (unpaired) electrons. The first-order valence-electron chi connectivity index (χ1n) is 5.60. The van der Waals surface area contributed by atoms with Crippen LogP contribution in [0.1, 0.15) is 17.9 Å². The number of halogens is 2. The standard InChI is InChI=1S/C12H12F2N2O3S/c1-6(20(2,17)18)11-10(12(15)16-19-11)7-3-8(13)5-9(14)4-7/h3-6H,1-2H3,(H2,15,16). The van der Waals surface area contributed by atoms with Gasteiger partial charge in [0.1, 0.15) is 16.9 Å². The van der Waals surface area contributed by atoms with Crippen molar-refractivity contribution in [3.8, 4) is 11.1 Å². The van der Waals surface area contributed by atoms with Gasteiger partial charge in [-0.15, -0.1) is 0 Å². The summed E-state index contributed by atoms with van der Waals surface area (Å²) in [6, 6.07) is 2.77. The number of hydrogen-bond acceptors (Lipinski definition) is 5. The molecule has 0 fully saturated rings. The number of nitrogens with two attached hydrogens (primary N) is 1. The van der Waals surface area contributed by atoms with Crippen LogP contribution in [-0.4, -0.2) is 19.8 Å². The van der Waals surface area contributed by atoms with Crippen molar-refractivity contribution in [1.29, 1.82) is 0 Å². The molecule has 2 rings (SSSR count). The van der Waals surface area contributed by atoms with E-state index in [9.17, 15) is 17.2 Å². The predicted molar refractivity (Wildman–Crippen MR) is 69.5 cm³/mol. The highest BCUT2D eigenvalue weighted by molar-refractivity contribution is 7.90. The van der Waals surface area contributed by atoms with Crippen LogP contribution in [0.3, 0.4) is 0 Å². The van der Waals surface area contributed by atoms with Gasteiger partial charge in [-0.05, 0) is 24.6 Å². The minimum Gasteiger partial charge on any atom is -0.380 e. The summed E-state index contributed by atoms with van der Waals surface area (Å²) in [6.07, 6.45) is 1.02. The van der Waals surface area contributed by atoms with E-state index >= 15 is 0 Å². The number of nitrogens with zero attached hydrogens (tertiary/aromatic N) is 1. The van der Waals surface area contributed by atoms with E-state index in [0.29, 0.717) is 6.07 Å². The quantitative estimate of drug-likeness (QED) is 0.940. The molecule has 0 bridgehead atoms. The van der Waals surface area contributed by atoms with Crippen molar-refractivity contribution in [2.45, 2.75) is 12.2 Å². The number of nitrogen functional groups attached to an aromatic ring is 1. The SMILES string of the molecule is CC(c1onc(N)c1-c1cc(F)cc(F)c1)S(C)(=O)=O. The van der Waals surface area contributed by atoms with Crippen molar-refractivity contribution in [3.63, 3.8) is 0 Å². The van der Waals surface area contributed by atoms with E-state index in [1.807, 2.05) is 0 Å². The second-order valence-corrected chi connectivity index (χ2v) is 6.80. The van der Waals surface area contributed by atoms with Crippen LogP contribution >= 0.6 is 0 Å². The predicted octanol–water partition coefficient (Wildman–Crippen LogP) is 2.31. The van der Waals surface area contributed by atoms with Gasteiger partial charge in [0, 0.05) is 12.3 Å². The molecule has 1 atom stereocenters.